The number of nitriles is 2. The summed E-state index contributed by atoms with van der Waals surface area (Å²) in [5.74, 6) is -2.86. The van der Waals surface area contributed by atoms with Crippen LogP contribution in [0.4, 0.5) is 23.2 Å². The predicted octanol–water partition coefficient (Wildman–Crippen LogP) is 3.93. The lowest BCUT2D eigenvalue weighted by Crippen LogP contribution is -2.48. The van der Waals surface area contributed by atoms with E-state index in [1.807, 2.05) is 0 Å². The van der Waals surface area contributed by atoms with Crippen LogP contribution in [0.2, 0.25) is 0 Å². The number of anilines is 1. The molecule has 0 heterocycles. The van der Waals surface area contributed by atoms with Crippen LogP contribution >= 0.6 is 0 Å². The van der Waals surface area contributed by atoms with Gasteiger partial charge in [-0.1, -0.05) is 0 Å². The summed E-state index contributed by atoms with van der Waals surface area (Å²) in [7, 11) is 0. The molecule has 0 spiro atoms. The molecule has 0 aliphatic carbocycles. The van der Waals surface area contributed by atoms with Gasteiger partial charge in [-0.25, -0.2) is 4.39 Å². The first-order valence-corrected chi connectivity index (χ1v) is 8.84. The lowest BCUT2D eigenvalue weighted by Gasteiger charge is -2.28. The predicted molar refractivity (Wildman–Crippen MR) is 102 cm³/mol. The number of alkyl halides is 3. The van der Waals surface area contributed by atoms with Gasteiger partial charge in [0, 0.05) is 18.7 Å². The number of benzene rings is 2. The fourth-order valence-corrected chi connectivity index (χ4v) is 2.57. The van der Waals surface area contributed by atoms with Crippen molar-refractivity contribution in [2.24, 2.45) is 0 Å². The summed E-state index contributed by atoms with van der Waals surface area (Å²) in [6.07, 6.45) is -4.84. The minimum Gasteiger partial charge on any atom is -0.489 e. The van der Waals surface area contributed by atoms with Crippen LogP contribution in [-0.4, -0.2) is 24.1 Å². The quantitative estimate of drug-likeness (QED) is 0.528. The zero-order chi connectivity index (χ0) is 24.1. The van der Waals surface area contributed by atoms with E-state index in [2.05, 4.69) is 5.32 Å². The third kappa shape index (κ3) is 5.73. The van der Waals surface area contributed by atoms with Gasteiger partial charge in [-0.05, 0) is 37.3 Å². The van der Waals surface area contributed by atoms with Crippen molar-refractivity contribution in [2.45, 2.75) is 25.6 Å². The van der Waals surface area contributed by atoms with Gasteiger partial charge in [-0.2, -0.15) is 23.7 Å². The topological polar surface area (TPSA) is 112 Å². The third-order valence-electron chi connectivity index (χ3n) is 4.13. The maximum absolute atomic E-state index is 13.7. The molecule has 0 aliphatic rings. The van der Waals surface area contributed by atoms with Gasteiger partial charge < -0.3 is 14.8 Å². The number of hydrogen-bond donors (Lipinski definition) is 1. The molecule has 0 bridgehead atoms. The van der Waals surface area contributed by atoms with Crippen molar-refractivity contribution in [3.8, 4) is 17.9 Å². The van der Waals surface area contributed by atoms with Crippen LogP contribution in [0.25, 0.3) is 0 Å². The number of esters is 1. The molecule has 0 saturated heterocycles. The number of amides is 1. The number of nitrogens with one attached hydrogen (secondary N) is 1. The molecule has 2 aromatic rings. The van der Waals surface area contributed by atoms with Gasteiger partial charge in [0.15, 0.2) is 0 Å². The van der Waals surface area contributed by atoms with E-state index in [1.54, 1.807) is 6.07 Å². The molecule has 1 amide bonds. The Labute approximate surface area is 179 Å². The molecule has 1 N–H and O–H groups in total. The second kappa shape index (κ2) is 9.35. The summed E-state index contributed by atoms with van der Waals surface area (Å²) in [6.45, 7) is 1.54. The molecule has 32 heavy (non-hydrogen) atoms. The van der Waals surface area contributed by atoms with Crippen LogP contribution in [-0.2, 0) is 20.5 Å². The van der Waals surface area contributed by atoms with E-state index < -0.39 is 47.2 Å². The highest BCUT2D eigenvalue weighted by atomic mass is 19.4. The van der Waals surface area contributed by atoms with E-state index in [4.69, 9.17) is 20.0 Å². The highest BCUT2D eigenvalue weighted by molar-refractivity contribution is 5.98. The molecular formula is C21H15F4N3O4. The van der Waals surface area contributed by atoms with Crippen LogP contribution < -0.4 is 10.1 Å². The Morgan fingerprint density at radius 3 is 2.22 bits per heavy atom. The number of halogens is 4. The molecule has 1 atom stereocenters. The highest BCUT2D eigenvalue weighted by Gasteiger charge is 2.39. The molecule has 11 heteroatoms. The molecule has 0 fully saturated rings. The molecule has 0 radical (unpaired) electrons. The first-order valence-electron chi connectivity index (χ1n) is 8.84. The molecule has 0 aromatic heterocycles. The first kappa shape index (κ1) is 24.2. The fraction of sp³-hybridized carbons (Fsp3) is 0.238. The van der Waals surface area contributed by atoms with Crippen molar-refractivity contribution >= 4 is 17.6 Å². The van der Waals surface area contributed by atoms with Gasteiger partial charge in [0.2, 0.25) is 5.60 Å². The largest absolute Gasteiger partial charge is 0.489 e. The highest BCUT2D eigenvalue weighted by Crippen LogP contribution is 2.34. The van der Waals surface area contributed by atoms with E-state index in [0.717, 1.165) is 38.1 Å². The minimum absolute atomic E-state index is 0.0783. The molecular weight excluding hydrogens is 434 g/mol. The van der Waals surface area contributed by atoms with Crippen LogP contribution in [0.3, 0.4) is 0 Å². The average Bonchev–Trinajstić information content (AvgIpc) is 2.71. The molecule has 0 saturated carbocycles. The smallest absolute Gasteiger partial charge is 0.417 e. The zero-order valence-electron chi connectivity index (χ0n) is 16.7. The average molecular weight is 449 g/mol. The number of carbonyl (C=O) groups excluding carboxylic acids is 2. The van der Waals surface area contributed by atoms with Crippen LogP contribution in [0, 0.1) is 28.5 Å². The number of rotatable bonds is 6. The summed E-state index contributed by atoms with van der Waals surface area (Å²) in [4.78, 5) is 24.2. The number of carbonyl (C=O) groups is 2. The molecule has 2 rings (SSSR count). The van der Waals surface area contributed by atoms with Crippen molar-refractivity contribution in [3.63, 3.8) is 0 Å². The van der Waals surface area contributed by atoms with Crippen LogP contribution in [0.1, 0.15) is 30.5 Å². The van der Waals surface area contributed by atoms with Gasteiger partial charge >= 0.3 is 12.1 Å². The first-order chi connectivity index (χ1) is 14.9. The summed E-state index contributed by atoms with van der Waals surface area (Å²) >= 11 is 0. The summed E-state index contributed by atoms with van der Waals surface area (Å²) < 4.78 is 63.5. The van der Waals surface area contributed by atoms with E-state index in [9.17, 15) is 27.2 Å². The van der Waals surface area contributed by atoms with Crippen molar-refractivity contribution in [1.29, 1.82) is 10.5 Å². The van der Waals surface area contributed by atoms with Crippen molar-refractivity contribution in [2.75, 3.05) is 11.9 Å². The van der Waals surface area contributed by atoms with E-state index in [1.165, 1.54) is 12.1 Å². The van der Waals surface area contributed by atoms with Crippen molar-refractivity contribution in [1.82, 2.24) is 0 Å². The monoisotopic (exact) mass is 449 g/mol. The van der Waals surface area contributed by atoms with Gasteiger partial charge in [0.1, 0.15) is 24.2 Å². The fourth-order valence-electron chi connectivity index (χ4n) is 2.57. The van der Waals surface area contributed by atoms with Crippen LogP contribution in [0.15, 0.2) is 36.4 Å². The minimum atomic E-state index is -4.84. The molecule has 166 valence electrons. The lowest BCUT2D eigenvalue weighted by molar-refractivity contribution is -0.165. The van der Waals surface area contributed by atoms with Gasteiger partial charge in [-0.3, -0.25) is 9.59 Å². The molecule has 0 unspecified atom stereocenters. The Kier molecular flexibility index (Phi) is 7.06. The summed E-state index contributed by atoms with van der Waals surface area (Å²) in [6, 6.07) is 8.87. The Morgan fingerprint density at radius 2 is 1.69 bits per heavy atom. The Balaban J connectivity index is 2.27. The normalized spacial score (nSPS) is 12.6. The Bertz CT molecular complexity index is 1140. The molecule has 7 nitrogen and oxygen atoms in total. The maximum Gasteiger partial charge on any atom is 0.417 e. The van der Waals surface area contributed by atoms with Gasteiger partial charge in [0.25, 0.3) is 5.91 Å². The van der Waals surface area contributed by atoms with Gasteiger partial charge in [0.05, 0.1) is 22.8 Å². The van der Waals surface area contributed by atoms with E-state index >= 15 is 0 Å². The zero-order valence-corrected chi connectivity index (χ0v) is 16.7. The standard InChI is InChI=1S/C21H15F4N3O4/c1-12(29)32-20(2,11-31-16-6-4-14(10-27)18(22)8-16)19(30)28-15-5-3-13(9-26)17(7-15)21(23,24)25/h3-8H,11H2,1-2H3,(H,28,30)/t20-/m0/s1. The number of nitrogens with zero attached hydrogens (tertiary/aromatic N) is 2. The Morgan fingerprint density at radius 1 is 1.06 bits per heavy atom. The second-order valence-electron chi connectivity index (χ2n) is 6.69. The summed E-state index contributed by atoms with van der Waals surface area (Å²) in [5.41, 5.74) is -4.44. The van der Waals surface area contributed by atoms with Crippen LogP contribution in [0.5, 0.6) is 5.75 Å². The second-order valence-corrected chi connectivity index (χ2v) is 6.69. The molecule has 0 aliphatic heterocycles. The van der Waals surface area contributed by atoms with E-state index in [0.29, 0.717) is 6.07 Å². The van der Waals surface area contributed by atoms with Crippen molar-refractivity contribution < 1.29 is 36.6 Å². The number of hydrogen-bond acceptors (Lipinski definition) is 6. The SMILES string of the molecule is CC(=O)O[C@@](C)(COc1ccc(C#N)c(F)c1)C(=O)Nc1ccc(C#N)c(C(F)(F)F)c1. The number of ether oxygens (including phenoxy) is 2. The van der Waals surface area contributed by atoms with E-state index in [-0.39, 0.29) is 17.0 Å². The maximum atomic E-state index is 13.7. The van der Waals surface area contributed by atoms with Gasteiger partial charge in [-0.15, -0.1) is 0 Å². The molecule has 2 aromatic carbocycles. The van der Waals surface area contributed by atoms with Crippen molar-refractivity contribution in [3.05, 3.63) is 58.9 Å². The summed E-state index contributed by atoms with van der Waals surface area (Å²) in [5, 5.41) is 19.8. The Hall–Kier alpha value is -4.12. The third-order valence-corrected chi connectivity index (χ3v) is 4.13. The lowest BCUT2D eigenvalue weighted by atomic mass is 10.0.